The topological polar surface area (TPSA) is 18.5 Å². The fourth-order valence-electron chi connectivity index (χ4n) is 2.60. The summed E-state index contributed by atoms with van der Waals surface area (Å²) in [5.74, 6) is 1.82. The number of rotatable bonds is 6. The van der Waals surface area contributed by atoms with E-state index in [2.05, 4.69) is 57.7 Å². The molecule has 1 aliphatic rings. The Hall–Kier alpha value is -0.670. The van der Waals surface area contributed by atoms with E-state index in [4.69, 9.17) is 9.47 Å². The first-order valence-electron chi connectivity index (χ1n) is 7.93. The van der Waals surface area contributed by atoms with Gasteiger partial charge in [-0.2, -0.15) is 12.6 Å². The van der Waals surface area contributed by atoms with Crippen LogP contribution in [0, 0.1) is 5.41 Å². The lowest BCUT2D eigenvalue weighted by atomic mass is 9.82. The first kappa shape index (κ1) is 16.7. The highest BCUT2D eigenvalue weighted by Crippen LogP contribution is 2.33. The maximum Gasteiger partial charge on any atom is 0.119 e. The van der Waals surface area contributed by atoms with Gasteiger partial charge in [0.05, 0.1) is 6.61 Å². The summed E-state index contributed by atoms with van der Waals surface area (Å²) in [6.07, 6.45) is 3.21. The van der Waals surface area contributed by atoms with Crippen LogP contribution in [0.3, 0.4) is 0 Å². The highest BCUT2D eigenvalue weighted by Gasteiger charge is 2.32. The van der Waals surface area contributed by atoms with E-state index in [0.29, 0.717) is 0 Å². The van der Waals surface area contributed by atoms with Crippen molar-refractivity contribution in [2.45, 2.75) is 45.4 Å². The molecule has 1 aromatic rings. The van der Waals surface area contributed by atoms with Crippen LogP contribution >= 0.6 is 12.6 Å². The second-order valence-electron chi connectivity index (χ2n) is 6.82. The van der Waals surface area contributed by atoms with Crippen LogP contribution in [-0.4, -0.2) is 25.6 Å². The molecule has 1 fully saturated rings. The van der Waals surface area contributed by atoms with Crippen LogP contribution in [0.5, 0.6) is 5.75 Å². The van der Waals surface area contributed by atoms with Crippen LogP contribution in [0.15, 0.2) is 24.3 Å². The number of ether oxygens (including phenoxy) is 2. The molecule has 0 bridgehead atoms. The van der Waals surface area contributed by atoms with Gasteiger partial charge in [-0.3, -0.25) is 0 Å². The van der Waals surface area contributed by atoms with Crippen molar-refractivity contribution in [1.82, 2.24) is 0 Å². The van der Waals surface area contributed by atoms with Crippen LogP contribution < -0.4 is 4.74 Å². The number of thiol groups is 1. The van der Waals surface area contributed by atoms with Crippen molar-refractivity contribution in [3.05, 3.63) is 29.8 Å². The van der Waals surface area contributed by atoms with Gasteiger partial charge in [0, 0.05) is 18.6 Å². The summed E-state index contributed by atoms with van der Waals surface area (Å²) in [7, 11) is 0. The molecular formula is C18H28O2S. The Morgan fingerprint density at radius 3 is 2.33 bits per heavy atom. The molecule has 0 spiro atoms. The summed E-state index contributed by atoms with van der Waals surface area (Å²) in [6.45, 7) is 9.17. The van der Waals surface area contributed by atoms with Crippen molar-refractivity contribution < 1.29 is 9.47 Å². The van der Waals surface area contributed by atoms with E-state index < -0.39 is 0 Å². The first-order chi connectivity index (χ1) is 10.0. The van der Waals surface area contributed by atoms with E-state index in [1.165, 1.54) is 5.56 Å². The minimum Gasteiger partial charge on any atom is -0.493 e. The average Bonchev–Trinajstić information content (AvgIpc) is 2.54. The van der Waals surface area contributed by atoms with E-state index in [-0.39, 0.29) is 10.8 Å². The first-order valence-corrected chi connectivity index (χ1v) is 8.57. The van der Waals surface area contributed by atoms with Crippen molar-refractivity contribution in [3.63, 3.8) is 0 Å². The molecule has 0 atom stereocenters. The van der Waals surface area contributed by atoms with Gasteiger partial charge < -0.3 is 9.47 Å². The van der Waals surface area contributed by atoms with Crippen LogP contribution in [-0.2, 0) is 10.2 Å². The van der Waals surface area contributed by atoms with Gasteiger partial charge in [-0.1, -0.05) is 32.9 Å². The fourth-order valence-corrected chi connectivity index (χ4v) is 3.00. The molecule has 21 heavy (non-hydrogen) atoms. The van der Waals surface area contributed by atoms with Gasteiger partial charge in [-0.15, -0.1) is 0 Å². The average molecular weight is 308 g/mol. The largest absolute Gasteiger partial charge is 0.493 e. The van der Waals surface area contributed by atoms with Gasteiger partial charge in [0.1, 0.15) is 5.75 Å². The molecule has 1 aliphatic heterocycles. The molecule has 3 heteroatoms. The van der Waals surface area contributed by atoms with E-state index in [9.17, 15) is 0 Å². The molecule has 1 saturated heterocycles. The molecule has 2 rings (SSSR count). The van der Waals surface area contributed by atoms with Gasteiger partial charge in [0.15, 0.2) is 0 Å². The Morgan fingerprint density at radius 1 is 1.19 bits per heavy atom. The number of hydrogen-bond donors (Lipinski definition) is 1. The standard InChI is InChI=1S/C18H28O2S/c1-4-17(2,3)15-5-7-16(8-6-15)20-13-18(14-21)9-11-19-12-10-18/h5-8,21H,4,9-14H2,1-3H3. The predicted octanol–water partition coefficient (Wildman–Crippen LogP) is 4.48. The predicted molar refractivity (Wildman–Crippen MR) is 91.6 cm³/mol. The van der Waals surface area contributed by atoms with Gasteiger partial charge in [-0.25, -0.2) is 0 Å². The van der Waals surface area contributed by atoms with Crippen molar-refractivity contribution in [2.75, 3.05) is 25.6 Å². The summed E-state index contributed by atoms with van der Waals surface area (Å²) in [5.41, 5.74) is 1.76. The molecule has 0 N–H and O–H groups in total. The third-order valence-corrected chi connectivity index (χ3v) is 5.62. The lowest BCUT2D eigenvalue weighted by Gasteiger charge is -2.35. The zero-order valence-corrected chi connectivity index (χ0v) is 14.4. The van der Waals surface area contributed by atoms with Crippen molar-refractivity contribution in [2.24, 2.45) is 5.41 Å². The Balaban J connectivity index is 1.97. The lowest BCUT2D eigenvalue weighted by Crippen LogP contribution is -2.36. The second kappa shape index (κ2) is 7.06. The van der Waals surface area contributed by atoms with E-state index in [1.807, 2.05) is 0 Å². The Labute approximate surface area is 134 Å². The molecule has 2 nitrogen and oxygen atoms in total. The molecule has 0 unspecified atom stereocenters. The third-order valence-electron chi connectivity index (χ3n) is 4.95. The summed E-state index contributed by atoms with van der Waals surface area (Å²) in [4.78, 5) is 0. The van der Waals surface area contributed by atoms with E-state index >= 15 is 0 Å². The van der Waals surface area contributed by atoms with Crippen LogP contribution in [0.4, 0.5) is 0 Å². The molecule has 1 heterocycles. The normalized spacial score (nSPS) is 18.5. The van der Waals surface area contributed by atoms with Gasteiger partial charge in [0.25, 0.3) is 0 Å². The second-order valence-corrected chi connectivity index (χ2v) is 7.14. The molecule has 1 aromatic carbocycles. The summed E-state index contributed by atoms with van der Waals surface area (Å²) < 4.78 is 11.5. The van der Waals surface area contributed by atoms with Crippen molar-refractivity contribution >= 4 is 12.6 Å². The van der Waals surface area contributed by atoms with Crippen LogP contribution in [0.1, 0.15) is 45.6 Å². The maximum absolute atomic E-state index is 6.04. The minimum atomic E-state index is 0.169. The van der Waals surface area contributed by atoms with Crippen LogP contribution in [0.2, 0.25) is 0 Å². The third kappa shape index (κ3) is 4.17. The molecular weight excluding hydrogens is 280 g/mol. The van der Waals surface area contributed by atoms with E-state index in [0.717, 1.165) is 50.6 Å². The number of hydrogen-bond acceptors (Lipinski definition) is 3. The molecule has 118 valence electrons. The van der Waals surface area contributed by atoms with Crippen LogP contribution in [0.25, 0.3) is 0 Å². The molecule has 0 radical (unpaired) electrons. The highest BCUT2D eigenvalue weighted by atomic mass is 32.1. The molecule has 0 aromatic heterocycles. The lowest BCUT2D eigenvalue weighted by molar-refractivity contribution is 0.00310. The molecule has 0 aliphatic carbocycles. The van der Waals surface area contributed by atoms with Crippen molar-refractivity contribution in [3.8, 4) is 5.75 Å². The highest BCUT2D eigenvalue weighted by molar-refractivity contribution is 7.80. The monoisotopic (exact) mass is 308 g/mol. The van der Waals surface area contributed by atoms with Gasteiger partial charge in [-0.05, 0) is 48.1 Å². The Bertz CT molecular complexity index is 433. The molecule has 0 saturated carbocycles. The molecule has 0 amide bonds. The van der Waals surface area contributed by atoms with Crippen molar-refractivity contribution in [1.29, 1.82) is 0 Å². The summed E-state index contributed by atoms with van der Waals surface area (Å²) in [5, 5.41) is 0. The Morgan fingerprint density at radius 2 is 1.81 bits per heavy atom. The van der Waals surface area contributed by atoms with Gasteiger partial charge >= 0.3 is 0 Å². The maximum atomic E-state index is 6.04. The zero-order chi connectivity index (χ0) is 15.3. The SMILES string of the molecule is CCC(C)(C)c1ccc(OCC2(CS)CCOCC2)cc1. The minimum absolute atomic E-state index is 0.169. The van der Waals surface area contributed by atoms with E-state index in [1.54, 1.807) is 0 Å². The summed E-state index contributed by atoms with van der Waals surface area (Å²) >= 11 is 4.53. The fraction of sp³-hybridized carbons (Fsp3) is 0.667. The Kier molecular flexibility index (Phi) is 5.61. The number of benzene rings is 1. The van der Waals surface area contributed by atoms with Gasteiger partial charge in [0.2, 0.25) is 0 Å². The summed E-state index contributed by atoms with van der Waals surface area (Å²) in [6, 6.07) is 8.57. The zero-order valence-electron chi connectivity index (χ0n) is 13.5. The quantitative estimate of drug-likeness (QED) is 0.781. The smallest absolute Gasteiger partial charge is 0.119 e.